The van der Waals surface area contributed by atoms with Gasteiger partial charge in [0.15, 0.2) is 0 Å². The number of aliphatic hydroxyl groups is 1. The van der Waals surface area contributed by atoms with Gasteiger partial charge in [-0.2, -0.15) is 0 Å². The second kappa shape index (κ2) is 5.80. The first kappa shape index (κ1) is 14.2. The molecule has 19 heavy (non-hydrogen) atoms. The highest BCUT2D eigenvalue weighted by atomic mass is 35.5. The molecule has 1 aromatic rings. The van der Waals surface area contributed by atoms with E-state index in [1.807, 2.05) is 0 Å². The highest BCUT2D eigenvalue weighted by Gasteiger charge is 2.33. The van der Waals surface area contributed by atoms with Crippen molar-refractivity contribution in [2.24, 2.45) is 5.41 Å². The van der Waals surface area contributed by atoms with Crippen molar-refractivity contribution in [3.63, 3.8) is 0 Å². The second-order valence-corrected chi connectivity index (χ2v) is 5.63. The number of nitrogen functional groups attached to an aromatic ring is 1. The number of benzene rings is 1. The van der Waals surface area contributed by atoms with Gasteiger partial charge in [-0.3, -0.25) is 4.79 Å². The summed E-state index contributed by atoms with van der Waals surface area (Å²) >= 11 is 6.02. The SMILES string of the molecule is Nc1cccc(C(=O)NCC2(CO)CCCC2)c1Cl. The van der Waals surface area contributed by atoms with Crippen LogP contribution in [-0.4, -0.2) is 24.2 Å². The molecule has 4 N–H and O–H groups in total. The predicted octanol–water partition coefficient (Wildman–Crippen LogP) is 2.20. The molecule has 4 nitrogen and oxygen atoms in total. The fourth-order valence-corrected chi connectivity index (χ4v) is 2.82. The summed E-state index contributed by atoms with van der Waals surface area (Å²) in [6.07, 6.45) is 4.12. The standard InChI is InChI=1S/C14H19ClN2O2/c15-12-10(4-3-5-11(12)16)13(19)17-8-14(9-18)6-1-2-7-14/h3-5,18H,1-2,6-9,16H2,(H,17,19). The lowest BCUT2D eigenvalue weighted by Crippen LogP contribution is -2.38. The average Bonchev–Trinajstić information content (AvgIpc) is 2.89. The lowest BCUT2D eigenvalue weighted by molar-refractivity contribution is 0.0881. The van der Waals surface area contributed by atoms with E-state index in [9.17, 15) is 9.90 Å². The molecule has 1 aromatic carbocycles. The molecule has 5 heteroatoms. The van der Waals surface area contributed by atoms with Crippen molar-refractivity contribution >= 4 is 23.2 Å². The minimum atomic E-state index is -0.239. The number of hydrogen-bond acceptors (Lipinski definition) is 3. The van der Waals surface area contributed by atoms with E-state index in [2.05, 4.69) is 5.32 Å². The van der Waals surface area contributed by atoms with Crippen molar-refractivity contribution in [1.82, 2.24) is 5.32 Å². The number of carbonyl (C=O) groups is 1. The Morgan fingerprint density at radius 1 is 1.42 bits per heavy atom. The topological polar surface area (TPSA) is 75.4 Å². The summed E-state index contributed by atoms with van der Waals surface area (Å²) in [5, 5.41) is 12.6. The maximum atomic E-state index is 12.1. The summed E-state index contributed by atoms with van der Waals surface area (Å²) in [5.74, 6) is -0.239. The summed E-state index contributed by atoms with van der Waals surface area (Å²) in [5.41, 5.74) is 6.29. The Bertz CT molecular complexity index is 471. The molecular weight excluding hydrogens is 264 g/mol. The van der Waals surface area contributed by atoms with E-state index >= 15 is 0 Å². The number of rotatable bonds is 4. The van der Waals surface area contributed by atoms with Crippen molar-refractivity contribution in [2.75, 3.05) is 18.9 Å². The first-order valence-electron chi connectivity index (χ1n) is 6.51. The Balaban J connectivity index is 2.03. The van der Waals surface area contributed by atoms with Crippen LogP contribution in [0.15, 0.2) is 18.2 Å². The zero-order valence-electron chi connectivity index (χ0n) is 10.8. The summed E-state index contributed by atoms with van der Waals surface area (Å²) in [7, 11) is 0. The van der Waals surface area contributed by atoms with Crippen LogP contribution >= 0.6 is 11.6 Å². The lowest BCUT2D eigenvalue weighted by Gasteiger charge is -2.26. The maximum Gasteiger partial charge on any atom is 0.252 e. The zero-order chi connectivity index (χ0) is 13.9. The minimum Gasteiger partial charge on any atom is -0.398 e. The first-order valence-corrected chi connectivity index (χ1v) is 6.89. The second-order valence-electron chi connectivity index (χ2n) is 5.26. The van der Waals surface area contributed by atoms with Gasteiger partial charge in [-0.15, -0.1) is 0 Å². The molecule has 0 unspecified atom stereocenters. The number of nitrogens with two attached hydrogens (primary N) is 1. The molecule has 0 heterocycles. The third-order valence-corrected chi connectivity index (χ3v) is 4.32. The number of carbonyl (C=O) groups excluding carboxylic acids is 1. The summed E-state index contributed by atoms with van der Waals surface area (Å²) in [6.45, 7) is 0.589. The van der Waals surface area contributed by atoms with Crippen LogP contribution in [0.25, 0.3) is 0 Å². The fraction of sp³-hybridized carbons (Fsp3) is 0.500. The maximum absolute atomic E-state index is 12.1. The molecule has 0 radical (unpaired) electrons. The quantitative estimate of drug-likeness (QED) is 0.741. The number of nitrogens with one attached hydrogen (secondary N) is 1. The van der Waals surface area contributed by atoms with E-state index in [1.54, 1.807) is 18.2 Å². The van der Waals surface area contributed by atoms with E-state index in [1.165, 1.54) is 0 Å². The van der Waals surface area contributed by atoms with E-state index in [0.717, 1.165) is 25.7 Å². The minimum absolute atomic E-state index is 0.109. The Hall–Kier alpha value is -1.26. The van der Waals surface area contributed by atoms with Crippen LogP contribution in [0.2, 0.25) is 5.02 Å². The molecule has 0 aliphatic heterocycles. The van der Waals surface area contributed by atoms with Gasteiger partial charge in [0.2, 0.25) is 0 Å². The van der Waals surface area contributed by atoms with Crippen LogP contribution in [-0.2, 0) is 0 Å². The van der Waals surface area contributed by atoms with Gasteiger partial charge in [-0.1, -0.05) is 30.5 Å². The van der Waals surface area contributed by atoms with Crippen molar-refractivity contribution in [2.45, 2.75) is 25.7 Å². The van der Waals surface area contributed by atoms with Crippen LogP contribution in [0.4, 0.5) is 5.69 Å². The Labute approximate surface area is 117 Å². The van der Waals surface area contributed by atoms with Crippen molar-refractivity contribution in [3.8, 4) is 0 Å². The molecule has 0 atom stereocenters. The van der Waals surface area contributed by atoms with E-state index < -0.39 is 0 Å². The van der Waals surface area contributed by atoms with E-state index in [-0.39, 0.29) is 23.0 Å². The van der Waals surface area contributed by atoms with Crippen LogP contribution < -0.4 is 11.1 Å². The molecule has 104 valence electrons. The van der Waals surface area contributed by atoms with E-state index in [4.69, 9.17) is 17.3 Å². The van der Waals surface area contributed by atoms with Gasteiger partial charge in [-0.25, -0.2) is 0 Å². The van der Waals surface area contributed by atoms with Gasteiger partial charge in [0.05, 0.1) is 22.9 Å². The van der Waals surface area contributed by atoms with Gasteiger partial charge in [0.1, 0.15) is 0 Å². The third-order valence-electron chi connectivity index (χ3n) is 3.90. The summed E-state index contributed by atoms with van der Waals surface area (Å²) in [6, 6.07) is 5.01. The molecule has 1 aliphatic rings. The first-order chi connectivity index (χ1) is 9.08. The normalized spacial score (nSPS) is 17.4. The number of hydrogen-bond donors (Lipinski definition) is 3. The van der Waals surface area contributed by atoms with Gasteiger partial charge >= 0.3 is 0 Å². The highest BCUT2D eigenvalue weighted by molar-refractivity contribution is 6.36. The highest BCUT2D eigenvalue weighted by Crippen LogP contribution is 2.37. The van der Waals surface area contributed by atoms with Crippen LogP contribution in [0.3, 0.4) is 0 Å². The smallest absolute Gasteiger partial charge is 0.252 e. The predicted molar refractivity (Wildman–Crippen MR) is 76.2 cm³/mol. The van der Waals surface area contributed by atoms with Gasteiger partial charge in [0.25, 0.3) is 5.91 Å². The number of aliphatic hydroxyl groups excluding tert-OH is 1. The van der Waals surface area contributed by atoms with Crippen LogP contribution in [0, 0.1) is 5.41 Å². The molecule has 1 amide bonds. The van der Waals surface area contributed by atoms with Crippen LogP contribution in [0.1, 0.15) is 36.0 Å². The Morgan fingerprint density at radius 3 is 2.74 bits per heavy atom. The zero-order valence-corrected chi connectivity index (χ0v) is 11.5. The number of anilines is 1. The van der Waals surface area contributed by atoms with Gasteiger partial charge in [0, 0.05) is 12.0 Å². The fourth-order valence-electron chi connectivity index (χ4n) is 2.60. The number of halogens is 1. The molecule has 0 spiro atoms. The molecule has 0 saturated heterocycles. The molecule has 1 saturated carbocycles. The Kier molecular flexibility index (Phi) is 4.32. The molecule has 1 aliphatic carbocycles. The summed E-state index contributed by atoms with van der Waals surface area (Å²) < 4.78 is 0. The monoisotopic (exact) mass is 282 g/mol. The van der Waals surface area contributed by atoms with Gasteiger partial charge < -0.3 is 16.2 Å². The third kappa shape index (κ3) is 3.01. The molecule has 0 bridgehead atoms. The van der Waals surface area contributed by atoms with Crippen molar-refractivity contribution in [1.29, 1.82) is 0 Å². The lowest BCUT2D eigenvalue weighted by atomic mass is 9.87. The van der Waals surface area contributed by atoms with Crippen molar-refractivity contribution in [3.05, 3.63) is 28.8 Å². The average molecular weight is 283 g/mol. The largest absolute Gasteiger partial charge is 0.398 e. The van der Waals surface area contributed by atoms with Crippen LogP contribution in [0.5, 0.6) is 0 Å². The van der Waals surface area contributed by atoms with E-state index in [0.29, 0.717) is 17.8 Å². The summed E-state index contributed by atoms with van der Waals surface area (Å²) in [4.78, 5) is 12.1. The molecule has 2 rings (SSSR count). The number of amides is 1. The Morgan fingerprint density at radius 2 is 2.11 bits per heavy atom. The van der Waals surface area contributed by atoms with Crippen molar-refractivity contribution < 1.29 is 9.90 Å². The molecule has 1 fully saturated rings. The molecular formula is C14H19ClN2O2. The molecule has 0 aromatic heterocycles. The van der Waals surface area contributed by atoms with Gasteiger partial charge in [-0.05, 0) is 25.0 Å².